The van der Waals surface area contributed by atoms with Gasteiger partial charge in [0.05, 0.1) is 27.2 Å². The third-order valence-corrected chi connectivity index (χ3v) is 3.25. The molecule has 0 saturated carbocycles. The van der Waals surface area contributed by atoms with Crippen molar-refractivity contribution in [2.75, 3.05) is 0 Å². The van der Waals surface area contributed by atoms with Gasteiger partial charge in [-0.15, -0.1) is 0 Å². The molecule has 2 aromatic rings. The van der Waals surface area contributed by atoms with Gasteiger partial charge >= 0.3 is 12.4 Å². The van der Waals surface area contributed by atoms with E-state index in [4.69, 9.17) is 19.8 Å². The number of carbonyl (C=O) groups excluding carboxylic acids is 2. The lowest BCUT2D eigenvalue weighted by atomic mass is 10.3. The number of aryl methyl sites for hydroxylation is 4. The van der Waals surface area contributed by atoms with Crippen LogP contribution in [-0.2, 0) is 36.8 Å². The average molecular weight is 476 g/mol. The van der Waals surface area contributed by atoms with Crippen LogP contribution in [0.3, 0.4) is 0 Å². The van der Waals surface area contributed by atoms with Gasteiger partial charge in [0, 0.05) is 0 Å². The third-order valence-electron chi connectivity index (χ3n) is 3.25. The van der Waals surface area contributed by atoms with Gasteiger partial charge in [-0.25, -0.2) is 18.3 Å². The third kappa shape index (κ3) is 16.7. The van der Waals surface area contributed by atoms with Crippen molar-refractivity contribution < 1.29 is 55.3 Å². The van der Waals surface area contributed by atoms with E-state index >= 15 is 0 Å². The Morgan fingerprint density at radius 3 is 1.34 bits per heavy atom. The highest BCUT2D eigenvalue weighted by Gasteiger charge is 2.29. The molecule has 14 heteroatoms. The van der Waals surface area contributed by atoms with Gasteiger partial charge in [0.25, 0.3) is 0 Å². The monoisotopic (exact) mass is 476 g/mol. The molecule has 2 rings (SSSR count). The fraction of sp³-hybridized carbons (Fsp3) is 0.556. The number of hydrogen-bond acceptors (Lipinski definition) is 4. The number of carbonyl (C=O) groups is 2. The molecule has 2 heterocycles. The summed E-state index contributed by atoms with van der Waals surface area (Å²) in [5.41, 5.74) is 0. The summed E-state index contributed by atoms with van der Waals surface area (Å²) in [6.45, 7) is 6.54. The molecular formula is C18H26F6N4O4. The number of carboxylic acid groups (broad SMARTS) is 2. The van der Waals surface area contributed by atoms with E-state index in [9.17, 15) is 26.3 Å². The van der Waals surface area contributed by atoms with Crippen LogP contribution in [0.15, 0.2) is 37.4 Å². The minimum absolute atomic E-state index is 1.06. The van der Waals surface area contributed by atoms with Gasteiger partial charge in [0.2, 0.25) is 12.7 Å². The maximum atomic E-state index is 10.5. The molecule has 0 aromatic carbocycles. The first-order valence-electron chi connectivity index (χ1n) is 9.12. The Morgan fingerprint density at radius 1 is 0.812 bits per heavy atom. The van der Waals surface area contributed by atoms with Gasteiger partial charge in [-0.2, -0.15) is 26.3 Å². The zero-order valence-electron chi connectivity index (χ0n) is 18.0. The number of carboxylic acids is 2. The molecule has 0 saturated heterocycles. The molecule has 0 atom stereocenters. The summed E-state index contributed by atoms with van der Waals surface area (Å²) in [5.74, 6) is -6.01. The molecule has 2 aromatic heterocycles. The standard InChI is InChI=1S/C8H15N2.C6H11N2.2C2HF3O2/c1-3-4-5-10-7-6-9(2)8-10;1-3-8-5-4-7(2)6-8;2*3-2(4,5)1(6)7/h6-8H,3-5H2,1-2H3;4-6H,3H2,1-2H3;2*(H,6,7)/q2*+1;;/p-2. The Balaban J connectivity index is 0. The van der Waals surface area contributed by atoms with Crippen LogP contribution in [0.2, 0.25) is 0 Å². The van der Waals surface area contributed by atoms with Crippen molar-refractivity contribution in [1.82, 2.24) is 9.13 Å². The summed E-state index contributed by atoms with van der Waals surface area (Å²) >= 11 is 0. The number of aromatic nitrogens is 4. The molecule has 0 aliphatic heterocycles. The van der Waals surface area contributed by atoms with Crippen LogP contribution in [-0.4, -0.2) is 33.4 Å². The lowest BCUT2D eigenvalue weighted by Crippen LogP contribution is -2.37. The first-order chi connectivity index (χ1) is 14.5. The maximum Gasteiger partial charge on any atom is 0.430 e. The van der Waals surface area contributed by atoms with E-state index in [-0.39, 0.29) is 0 Å². The summed E-state index contributed by atoms with van der Waals surface area (Å²) < 4.78 is 71.5. The molecule has 0 aliphatic carbocycles. The Morgan fingerprint density at radius 2 is 1.16 bits per heavy atom. The Bertz CT molecular complexity index is 776. The molecular weight excluding hydrogens is 450 g/mol. The van der Waals surface area contributed by atoms with Crippen molar-refractivity contribution in [3.8, 4) is 0 Å². The number of hydrogen-bond donors (Lipinski definition) is 0. The summed E-state index contributed by atoms with van der Waals surface area (Å²) in [5, 5.41) is 17.6. The second kappa shape index (κ2) is 14.9. The fourth-order valence-electron chi connectivity index (χ4n) is 1.66. The van der Waals surface area contributed by atoms with E-state index in [1.807, 2.05) is 24.9 Å². The van der Waals surface area contributed by atoms with Crippen molar-refractivity contribution in [3.63, 3.8) is 0 Å². The number of aliphatic carboxylic acids is 2. The van der Waals surface area contributed by atoms with Crippen molar-refractivity contribution >= 4 is 11.9 Å². The molecule has 0 fully saturated rings. The number of unbranched alkanes of at least 4 members (excludes halogenated alkanes) is 1. The van der Waals surface area contributed by atoms with Crippen LogP contribution in [0.25, 0.3) is 0 Å². The van der Waals surface area contributed by atoms with Crippen molar-refractivity contribution in [2.45, 2.75) is 52.1 Å². The highest BCUT2D eigenvalue weighted by molar-refractivity contribution is 5.71. The van der Waals surface area contributed by atoms with Gasteiger partial charge in [-0.05, 0) is 13.3 Å². The van der Waals surface area contributed by atoms with Crippen LogP contribution >= 0.6 is 0 Å². The molecule has 0 bridgehead atoms. The molecule has 0 N–H and O–H groups in total. The van der Waals surface area contributed by atoms with Crippen molar-refractivity contribution in [2.24, 2.45) is 14.1 Å². The zero-order valence-corrected chi connectivity index (χ0v) is 18.0. The summed E-state index contributed by atoms with van der Waals surface area (Å²) in [6.07, 6.45) is 4.57. The van der Waals surface area contributed by atoms with Gasteiger partial charge < -0.3 is 19.8 Å². The van der Waals surface area contributed by atoms with Gasteiger partial charge in [0.15, 0.2) is 0 Å². The molecule has 0 radical (unpaired) electrons. The minimum atomic E-state index is -5.19. The average Bonchev–Trinajstić information content (AvgIpc) is 3.27. The summed E-state index contributed by atoms with van der Waals surface area (Å²) in [4.78, 5) is 17.6. The van der Waals surface area contributed by atoms with E-state index in [1.165, 1.54) is 12.8 Å². The molecule has 0 aliphatic rings. The highest BCUT2D eigenvalue weighted by atomic mass is 19.4. The quantitative estimate of drug-likeness (QED) is 0.460. The highest BCUT2D eigenvalue weighted by Crippen LogP contribution is 2.12. The number of rotatable bonds is 4. The predicted molar refractivity (Wildman–Crippen MR) is 93.9 cm³/mol. The van der Waals surface area contributed by atoms with Crippen LogP contribution in [0.4, 0.5) is 26.3 Å². The largest absolute Gasteiger partial charge is 0.542 e. The van der Waals surface area contributed by atoms with E-state index in [2.05, 4.69) is 58.8 Å². The Hall–Kier alpha value is -3.06. The van der Waals surface area contributed by atoms with E-state index in [1.54, 1.807) is 0 Å². The minimum Gasteiger partial charge on any atom is -0.542 e. The number of nitrogens with zero attached hydrogens (tertiary/aromatic N) is 4. The second-order valence-electron chi connectivity index (χ2n) is 6.15. The molecule has 184 valence electrons. The molecule has 32 heavy (non-hydrogen) atoms. The topological polar surface area (TPSA) is 97.9 Å². The fourth-order valence-corrected chi connectivity index (χ4v) is 1.66. The lowest BCUT2D eigenvalue weighted by Gasteiger charge is -2.03. The molecule has 0 unspecified atom stereocenters. The number of imidazole rings is 2. The lowest BCUT2D eigenvalue weighted by molar-refractivity contribution is -0.671. The normalized spacial score (nSPS) is 10.6. The molecule has 8 nitrogen and oxygen atoms in total. The Labute approximate surface area is 180 Å². The van der Waals surface area contributed by atoms with Crippen LogP contribution < -0.4 is 19.3 Å². The smallest absolute Gasteiger partial charge is 0.430 e. The first kappa shape index (κ1) is 31.1. The second-order valence-corrected chi connectivity index (χ2v) is 6.15. The van der Waals surface area contributed by atoms with Crippen molar-refractivity contribution in [3.05, 3.63) is 37.4 Å². The SMILES string of the molecule is CCCCn1cc[n+](C)c1.CCn1cc[n+](C)c1.O=C([O-])C(F)(F)F.O=C([O-])C(F)(F)F. The van der Waals surface area contributed by atoms with Crippen molar-refractivity contribution in [1.29, 1.82) is 0 Å². The predicted octanol–water partition coefficient (Wildman–Crippen LogP) is 0.0424. The Kier molecular flexibility index (Phi) is 14.5. The van der Waals surface area contributed by atoms with Crippen LogP contribution in [0.5, 0.6) is 0 Å². The van der Waals surface area contributed by atoms with Gasteiger partial charge in [-0.3, -0.25) is 0 Å². The summed E-state index contributed by atoms with van der Waals surface area (Å²) in [7, 11) is 4.06. The van der Waals surface area contributed by atoms with E-state index in [0.717, 1.165) is 13.1 Å². The first-order valence-corrected chi connectivity index (χ1v) is 9.12. The van der Waals surface area contributed by atoms with E-state index < -0.39 is 24.3 Å². The number of alkyl halides is 6. The number of halogens is 6. The van der Waals surface area contributed by atoms with Crippen LogP contribution in [0, 0.1) is 0 Å². The molecule has 0 amide bonds. The molecule has 0 spiro atoms. The zero-order chi connectivity index (χ0) is 25.5. The maximum absolute atomic E-state index is 10.5. The van der Waals surface area contributed by atoms with Crippen LogP contribution in [0.1, 0.15) is 26.7 Å². The van der Waals surface area contributed by atoms with Gasteiger partial charge in [0.1, 0.15) is 36.7 Å². The van der Waals surface area contributed by atoms with E-state index in [0.29, 0.717) is 0 Å². The summed E-state index contributed by atoms with van der Waals surface area (Å²) in [6, 6.07) is 0. The van der Waals surface area contributed by atoms with Gasteiger partial charge in [-0.1, -0.05) is 13.3 Å².